The van der Waals surface area contributed by atoms with Gasteiger partial charge in [0.25, 0.3) is 5.91 Å². The first-order valence-corrected chi connectivity index (χ1v) is 9.90. The third-order valence-electron chi connectivity index (χ3n) is 4.28. The summed E-state index contributed by atoms with van der Waals surface area (Å²) in [4.78, 5) is 17.2. The maximum Gasteiger partial charge on any atom is 0.257 e. The minimum Gasteiger partial charge on any atom is -0.301 e. The molecule has 0 aromatic heterocycles. The molecule has 0 bridgehead atoms. The first-order chi connectivity index (χ1) is 12.2. The molecule has 2 aromatic carbocycles. The second kappa shape index (κ2) is 7.16. The Morgan fingerprint density at radius 1 is 1.19 bits per heavy atom. The lowest BCUT2D eigenvalue weighted by Gasteiger charge is -2.40. The first-order valence-electron chi connectivity index (χ1n) is 8.29. The average Bonchev–Trinajstić information content (AvgIpc) is 2.56. The standard InChI is InChI=1S/C20H20BrFN2OS/c1-19(2)12-20(3,14-9-10-16(22)15(21)11-14)26-18(24-19)23-17(25)13-7-5-4-6-8-13/h4-11H,12H2,1-3H3,(H,23,24,25)/t20-/m0/s1. The summed E-state index contributed by atoms with van der Waals surface area (Å²) in [5, 5.41) is 3.51. The molecule has 3 rings (SSSR count). The molecule has 2 aromatic rings. The maximum absolute atomic E-state index is 13.6. The number of nitrogens with one attached hydrogen (secondary N) is 1. The lowest BCUT2D eigenvalue weighted by Crippen LogP contribution is -2.41. The van der Waals surface area contributed by atoms with Crippen LogP contribution in [-0.2, 0) is 4.75 Å². The lowest BCUT2D eigenvalue weighted by atomic mass is 9.86. The molecular weight excluding hydrogens is 415 g/mol. The van der Waals surface area contributed by atoms with Gasteiger partial charge in [0.05, 0.1) is 10.0 Å². The number of hydrogen-bond donors (Lipinski definition) is 1. The van der Waals surface area contributed by atoms with Gasteiger partial charge in [0.2, 0.25) is 0 Å². The summed E-state index contributed by atoms with van der Waals surface area (Å²) in [5.74, 6) is -0.471. The van der Waals surface area contributed by atoms with E-state index in [2.05, 4.69) is 28.2 Å². The summed E-state index contributed by atoms with van der Waals surface area (Å²) in [6.45, 7) is 6.18. The zero-order valence-electron chi connectivity index (χ0n) is 14.8. The molecule has 136 valence electrons. The molecule has 1 heterocycles. The summed E-state index contributed by atoms with van der Waals surface area (Å²) >= 11 is 4.77. The highest BCUT2D eigenvalue weighted by Gasteiger charge is 2.41. The molecule has 1 amide bonds. The molecule has 1 atom stereocenters. The molecule has 0 saturated heterocycles. The van der Waals surface area contributed by atoms with Gasteiger partial charge >= 0.3 is 0 Å². The fourth-order valence-electron chi connectivity index (χ4n) is 3.21. The maximum atomic E-state index is 13.6. The third kappa shape index (κ3) is 4.18. The molecule has 0 saturated carbocycles. The van der Waals surface area contributed by atoms with Gasteiger partial charge in [-0.1, -0.05) is 36.0 Å². The Balaban J connectivity index is 1.89. The van der Waals surface area contributed by atoms with E-state index in [4.69, 9.17) is 4.99 Å². The highest BCUT2D eigenvalue weighted by molar-refractivity contribution is 9.10. The fraction of sp³-hybridized carbons (Fsp3) is 0.300. The second-order valence-corrected chi connectivity index (χ2v) is 9.53. The van der Waals surface area contributed by atoms with E-state index in [9.17, 15) is 9.18 Å². The van der Waals surface area contributed by atoms with E-state index in [1.54, 1.807) is 24.3 Å². The molecular formula is C20H20BrFN2OS. The minimum atomic E-state index is -0.347. The Bertz CT molecular complexity index is 869. The Hall–Kier alpha value is -1.66. The normalized spacial score (nSPS) is 21.8. The highest BCUT2D eigenvalue weighted by Crippen LogP contribution is 2.48. The number of amidine groups is 1. The van der Waals surface area contributed by atoms with Crippen molar-refractivity contribution in [3.8, 4) is 0 Å². The number of benzene rings is 2. The Kier molecular flexibility index (Phi) is 5.26. The van der Waals surface area contributed by atoms with Gasteiger partial charge in [0.1, 0.15) is 5.82 Å². The third-order valence-corrected chi connectivity index (χ3v) is 6.11. The van der Waals surface area contributed by atoms with Crippen LogP contribution >= 0.6 is 27.7 Å². The predicted molar refractivity (Wildman–Crippen MR) is 109 cm³/mol. The van der Waals surface area contributed by atoms with Crippen LogP contribution in [0.15, 0.2) is 58.0 Å². The molecule has 0 aliphatic carbocycles. The number of nitrogens with zero attached hydrogens (tertiary/aromatic N) is 1. The van der Waals surface area contributed by atoms with Crippen molar-refractivity contribution in [2.75, 3.05) is 0 Å². The summed E-state index contributed by atoms with van der Waals surface area (Å²) in [6, 6.07) is 14.1. The van der Waals surface area contributed by atoms with Crippen LogP contribution in [0.5, 0.6) is 0 Å². The van der Waals surface area contributed by atoms with Crippen LogP contribution in [0.2, 0.25) is 0 Å². The first kappa shape index (κ1) is 19.1. The van der Waals surface area contributed by atoms with Crippen molar-refractivity contribution in [1.29, 1.82) is 0 Å². The van der Waals surface area contributed by atoms with Gasteiger partial charge in [-0.2, -0.15) is 0 Å². The van der Waals surface area contributed by atoms with Crippen LogP contribution < -0.4 is 5.32 Å². The van der Waals surface area contributed by atoms with Crippen LogP contribution in [0, 0.1) is 5.82 Å². The molecule has 1 N–H and O–H groups in total. The van der Waals surface area contributed by atoms with Gasteiger partial charge in [0, 0.05) is 10.3 Å². The number of carbonyl (C=O) groups excluding carboxylic acids is 1. The van der Waals surface area contributed by atoms with Crippen molar-refractivity contribution in [3.05, 3.63) is 69.9 Å². The van der Waals surface area contributed by atoms with Crippen LogP contribution in [0.4, 0.5) is 4.39 Å². The van der Waals surface area contributed by atoms with Gasteiger partial charge < -0.3 is 5.32 Å². The predicted octanol–water partition coefficient (Wildman–Crippen LogP) is 5.50. The van der Waals surface area contributed by atoms with Crippen molar-refractivity contribution < 1.29 is 9.18 Å². The van der Waals surface area contributed by atoms with E-state index < -0.39 is 0 Å². The van der Waals surface area contributed by atoms with E-state index in [0.717, 1.165) is 12.0 Å². The summed E-state index contributed by atoms with van der Waals surface area (Å²) in [6.07, 6.45) is 0.771. The smallest absolute Gasteiger partial charge is 0.257 e. The molecule has 0 unspecified atom stereocenters. The zero-order valence-corrected chi connectivity index (χ0v) is 17.2. The van der Waals surface area contributed by atoms with Crippen molar-refractivity contribution in [2.45, 2.75) is 37.5 Å². The molecule has 1 aliphatic rings. The van der Waals surface area contributed by atoms with Crippen molar-refractivity contribution in [3.63, 3.8) is 0 Å². The van der Waals surface area contributed by atoms with Gasteiger partial charge in [-0.05, 0) is 73.0 Å². The lowest BCUT2D eigenvalue weighted by molar-refractivity contribution is 0.0977. The van der Waals surface area contributed by atoms with Gasteiger partial charge in [-0.3, -0.25) is 9.79 Å². The number of carbonyl (C=O) groups is 1. The molecule has 0 radical (unpaired) electrons. The van der Waals surface area contributed by atoms with Crippen LogP contribution in [0.3, 0.4) is 0 Å². The highest BCUT2D eigenvalue weighted by atomic mass is 79.9. The molecule has 0 spiro atoms. The zero-order chi connectivity index (χ0) is 18.9. The van der Waals surface area contributed by atoms with Crippen molar-refractivity contribution in [2.24, 2.45) is 4.99 Å². The van der Waals surface area contributed by atoms with E-state index in [1.807, 2.05) is 32.0 Å². The molecule has 6 heteroatoms. The van der Waals surface area contributed by atoms with Crippen molar-refractivity contribution >= 4 is 38.8 Å². The van der Waals surface area contributed by atoms with E-state index in [1.165, 1.54) is 17.8 Å². The SMILES string of the molecule is CC1(C)C[C@@](C)(c2ccc(F)c(Br)c2)SC(NC(=O)c2ccccc2)=N1. The molecule has 1 aliphatic heterocycles. The van der Waals surface area contributed by atoms with Crippen LogP contribution in [0.1, 0.15) is 43.1 Å². The van der Waals surface area contributed by atoms with E-state index in [0.29, 0.717) is 15.2 Å². The van der Waals surface area contributed by atoms with Gasteiger partial charge in [-0.25, -0.2) is 4.39 Å². The number of aliphatic imine (C=N–C) groups is 1. The number of rotatable bonds is 2. The number of hydrogen-bond acceptors (Lipinski definition) is 3. The monoisotopic (exact) mass is 434 g/mol. The summed E-state index contributed by atoms with van der Waals surface area (Å²) in [5.41, 5.74) is 1.23. The topological polar surface area (TPSA) is 41.5 Å². The van der Waals surface area contributed by atoms with Gasteiger partial charge in [0.15, 0.2) is 5.17 Å². The number of amides is 1. The largest absolute Gasteiger partial charge is 0.301 e. The molecule has 3 nitrogen and oxygen atoms in total. The minimum absolute atomic E-state index is 0.183. The molecule has 26 heavy (non-hydrogen) atoms. The second-order valence-electron chi connectivity index (χ2n) is 7.19. The quantitative estimate of drug-likeness (QED) is 0.677. The number of halogens is 2. The van der Waals surface area contributed by atoms with Crippen molar-refractivity contribution in [1.82, 2.24) is 5.32 Å². The van der Waals surface area contributed by atoms with Crippen LogP contribution in [0.25, 0.3) is 0 Å². The van der Waals surface area contributed by atoms with E-state index in [-0.39, 0.29) is 22.0 Å². The van der Waals surface area contributed by atoms with Crippen LogP contribution in [-0.4, -0.2) is 16.6 Å². The number of thioether (sulfide) groups is 1. The summed E-state index contributed by atoms with van der Waals surface area (Å²) in [7, 11) is 0. The summed E-state index contributed by atoms with van der Waals surface area (Å²) < 4.78 is 13.7. The average molecular weight is 435 g/mol. The van der Waals surface area contributed by atoms with E-state index >= 15 is 0 Å². The van der Waals surface area contributed by atoms with Gasteiger partial charge in [-0.15, -0.1) is 0 Å². The fourth-order valence-corrected chi connectivity index (χ4v) is 5.12. The Morgan fingerprint density at radius 2 is 1.88 bits per heavy atom. The molecule has 0 fully saturated rings. The Labute approximate surface area is 165 Å². The Morgan fingerprint density at radius 3 is 2.54 bits per heavy atom.